The molecule has 1 fully saturated rings. The predicted octanol–water partition coefficient (Wildman–Crippen LogP) is 3.08. The van der Waals surface area contributed by atoms with E-state index in [1.165, 1.54) is 24.1 Å². The van der Waals surface area contributed by atoms with Crippen LogP contribution in [-0.4, -0.2) is 28.3 Å². The lowest BCUT2D eigenvalue weighted by Crippen LogP contribution is -2.42. The molecule has 0 unspecified atom stereocenters. The molecule has 0 spiro atoms. The quantitative estimate of drug-likeness (QED) is 0.880. The highest BCUT2D eigenvalue weighted by atomic mass is 16.5. The van der Waals surface area contributed by atoms with Crippen LogP contribution in [0.1, 0.15) is 55.0 Å². The maximum absolute atomic E-state index is 13.0. The maximum Gasteiger partial charge on any atom is 0.254 e. The number of hydrogen-bond donors (Lipinski definition) is 2. The second-order valence-electron chi connectivity index (χ2n) is 7.16. The van der Waals surface area contributed by atoms with E-state index in [0.29, 0.717) is 0 Å². The molecule has 2 aliphatic rings. The lowest BCUT2D eigenvalue weighted by atomic mass is 9.93. The van der Waals surface area contributed by atoms with E-state index < -0.39 is 6.10 Å². The Morgan fingerprint density at radius 2 is 2.00 bits per heavy atom. The summed E-state index contributed by atoms with van der Waals surface area (Å²) in [6, 6.07) is 10.0. The number of hydrogen-bond acceptors (Lipinski definition) is 3. The Labute approximate surface area is 148 Å². The molecule has 132 valence electrons. The molecule has 1 aromatic heterocycles. The minimum atomic E-state index is -0.518. The van der Waals surface area contributed by atoms with Crippen molar-refractivity contribution in [3.05, 3.63) is 53.3 Å². The Morgan fingerprint density at radius 1 is 1.20 bits per heavy atom. The van der Waals surface area contributed by atoms with Crippen molar-refractivity contribution in [2.24, 2.45) is 0 Å². The molecule has 0 radical (unpaired) electrons. The molecule has 2 aromatic rings. The number of rotatable bonds is 5. The second kappa shape index (κ2) is 7.40. The van der Waals surface area contributed by atoms with Crippen molar-refractivity contribution in [2.75, 3.05) is 0 Å². The van der Waals surface area contributed by atoms with Crippen molar-refractivity contribution in [3.8, 4) is 0 Å². The fourth-order valence-corrected chi connectivity index (χ4v) is 3.95. The summed E-state index contributed by atoms with van der Waals surface area (Å²) < 4.78 is 6.22. The van der Waals surface area contributed by atoms with Crippen LogP contribution in [0.5, 0.6) is 0 Å². The first-order valence-corrected chi connectivity index (χ1v) is 9.31. The van der Waals surface area contributed by atoms with Crippen LogP contribution in [0.15, 0.2) is 36.5 Å². The van der Waals surface area contributed by atoms with Gasteiger partial charge in [-0.2, -0.15) is 5.10 Å². The highest BCUT2D eigenvalue weighted by molar-refractivity contribution is 5.82. The Bertz CT molecular complexity index is 707. The molecule has 2 aliphatic carbocycles. The lowest BCUT2D eigenvalue weighted by molar-refractivity contribution is -0.138. The zero-order valence-corrected chi connectivity index (χ0v) is 14.4. The molecule has 0 bridgehead atoms. The van der Waals surface area contributed by atoms with E-state index >= 15 is 0 Å². The summed E-state index contributed by atoms with van der Waals surface area (Å²) in [6.45, 7) is 0. The lowest BCUT2D eigenvalue weighted by Gasteiger charge is -2.27. The normalized spacial score (nSPS) is 21.7. The van der Waals surface area contributed by atoms with Crippen molar-refractivity contribution in [1.82, 2.24) is 15.5 Å². The largest absolute Gasteiger partial charge is 0.360 e. The standard InChI is InChI=1S/C20H25N3O2/c24-20(22-16-10-11-18-15(12-16)13-21-23-18)19(14-6-2-1-3-7-14)25-17-8-4-5-9-17/h1-3,6-7,13,16-17,19H,4-5,8-12H2,(H,21,23)(H,22,24)/t16-,19+/m0/s1. The van der Waals surface area contributed by atoms with Crippen LogP contribution in [0.2, 0.25) is 0 Å². The van der Waals surface area contributed by atoms with Gasteiger partial charge in [-0.25, -0.2) is 0 Å². The number of fused-ring (bicyclic) bond motifs is 1. The summed E-state index contributed by atoms with van der Waals surface area (Å²) in [5, 5.41) is 10.4. The molecule has 1 aromatic carbocycles. The van der Waals surface area contributed by atoms with Crippen LogP contribution < -0.4 is 5.32 Å². The summed E-state index contributed by atoms with van der Waals surface area (Å²) in [6.07, 6.45) is 8.75. The predicted molar refractivity (Wildman–Crippen MR) is 95.1 cm³/mol. The number of aromatic nitrogens is 2. The van der Waals surface area contributed by atoms with Crippen LogP contribution in [0.4, 0.5) is 0 Å². The third-order valence-corrected chi connectivity index (χ3v) is 5.33. The highest BCUT2D eigenvalue weighted by Gasteiger charge is 2.29. The minimum Gasteiger partial charge on any atom is -0.360 e. The van der Waals surface area contributed by atoms with E-state index in [2.05, 4.69) is 15.5 Å². The number of carbonyl (C=O) groups is 1. The number of benzene rings is 1. The Morgan fingerprint density at radius 3 is 2.80 bits per heavy atom. The van der Waals surface area contributed by atoms with Crippen LogP contribution in [0.25, 0.3) is 0 Å². The van der Waals surface area contributed by atoms with Gasteiger partial charge in [0.05, 0.1) is 12.3 Å². The molecule has 5 heteroatoms. The SMILES string of the molecule is O=C(N[C@H]1CCc2[nH]ncc2C1)[C@H](OC1CCCC1)c1ccccc1. The number of carbonyl (C=O) groups excluding carboxylic acids is 1. The monoisotopic (exact) mass is 339 g/mol. The molecular formula is C20H25N3O2. The average Bonchev–Trinajstić information content (AvgIpc) is 3.31. The Kier molecular flexibility index (Phi) is 4.83. The van der Waals surface area contributed by atoms with E-state index in [1.807, 2.05) is 36.5 Å². The molecule has 2 atom stereocenters. The smallest absolute Gasteiger partial charge is 0.254 e. The molecule has 5 nitrogen and oxygen atoms in total. The summed E-state index contributed by atoms with van der Waals surface area (Å²) in [4.78, 5) is 13.0. The van der Waals surface area contributed by atoms with E-state index in [1.54, 1.807) is 0 Å². The molecule has 4 rings (SSSR count). The number of amides is 1. The summed E-state index contributed by atoms with van der Waals surface area (Å²) in [5.74, 6) is -0.0185. The number of ether oxygens (including phenoxy) is 1. The van der Waals surface area contributed by atoms with Crippen LogP contribution in [0.3, 0.4) is 0 Å². The Hall–Kier alpha value is -2.14. The number of aromatic amines is 1. The first-order chi connectivity index (χ1) is 12.3. The van der Waals surface area contributed by atoms with Crippen LogP contribution in [-0.2, 0) is 22.4 Å². The summed E-state index contributed by atoms with van der Waals surface area (Å²) >= 11 is 0. The van der Waals surface area contributed by atoms with Gasteiger partial charge in [-0.05, 0) is 43.2 Å². The van der Waals surface area contributed by atoms with Crippen molar-refractivity contribution in [2.45, 2.75) is 63.2 Å². The van der Waals surface area contributed by atoms with Crippen molar-refractivity contribution in [3.63, 3.8) is 0 Å². The fraction of sp³-hybridized carbons (Fsp3) is 0.500. The number of H-pyrrole nitrogens is 1. The fourth-order valence-electron chi connectivity index (χ4n) is 3.95. The third-order valence-electron chi connectivity index (χ3n) is 5.33. The van der Waals surface area contributed by atoms with E-state index in [9.17, 15) is 4.79 Å². The first kappa shape index (κ1) is 16.3. The number of nitrogens with one attached hydrogen (secondary N) is 2. The molecule has 1 heterocycles. The average molecular weight is 339 g/mol. The number of aryl methyl sites for hydroxylation is 1. The van der Waals surface area contributed by atoms with Crippen LogP contribution in [0, 0.1) is 0 Å². The van der Waals surface area contributed by atoms with Gasteiger partial charge in [0.1, 0.15) is 0 Å². The Balaban J connectivity index is 1.45. The van der Waals surface area contributed by atoms with Crippen LogP contribution >= 0.6 is 0 Å². The molecule has 1 amide bonds. The molecule has 2 N–H and O–H groups in total. The topological polar surface area (TPSA) is 67.0 Å². The van der Waals surface area contributed by atoms with E-state index in [4.69, 9.17) is 4.74 Å². The van der Waals surface area contributed by atoms with Gasteiger partial charge in [0, 0.05) is 11.7 Å². The van der Waals surface area contributed by atoms with Crippen molar-refractivity contribution in [1.29, 1.82) is 0 Å². The number of nitrogens with zero attached hydrogens (tertiary/aromatic N) is 1. The van der Waals surface area contributed by atoms with Gasteiger partial charge in [0.2, 0.25) is 0 Å². The molecule has 0 saturated heterocycles. The zero-order chi connectivity index (χ0) is 17.1. The van der Waals surface area contributed by atoms with Gasteiger partial charge >= 0.3 is 0 Å². The van der Waals surface area contributed by atoms with Gasteiger partial charge in [-0.1, -0.05) is 43.2 Å². The molecular weight excluding hydrogens is 314 g/mol. The minimum absolute atomic E-state index is 0.0185. The second-order valence-corrected chi connectivity index (χ2v) is 7.16. The van der Waals surface area contributed by atoms with Gasteiger partial charge in [-0.3, -0.25) is 9.89 Å². The molecule has 0 aliphatic heterocycles. The summed E-state index contributed by atoms with van der Waals surface area (Å²) in [7, 11) is 0. The molecule has 25 heavy (non-hydrogen) atoms. The third kappa shape index (κ3) is 3.76. The van der Waals surface area contributed by atoms with Crippen molar-refractivity contribution >= 4 is 5.91 Å². The van der Waals surface area contributed by atoms with Gasteiger partial charge < -0.3 is 10.1 Å². The van der Waals surface area contributed by atoms with Crippen molar-refractivity contribution < 1.29 is 9.53 Å². The van der Waals surface area contributed by atoms with E-state index in [0.717, 1.165) is 37.7 Å². The van der Waals surface area contributed by atoms with Gasteiger partial charge in [-0.15, -0.1) is 0 Å². The first-order valence-electron chi connectivity index (χ1n) is 9.31. The highest BCUT2D eigenvalue weighted by Crippen LogP contribution is 2.28. The zero-order valence-electron chi connectivity index (χ0n) is 14.4. The van der Waals surface area contributed by atoms with E-state index in [-0.39, 0.29) is 18.1 Å². The molecule has 1 saturated carbocycles. The summed E-state index contributed by atoms with van der Waals surface area (Å²) in [5.41, 5.74) is 3.35. The van der Waals surface area contributed by atoms with Gasteiger partial charge in [0.15, 0.2) is 6.10 Å². The maximum atomic E-state index is 13.0. The van der Waals surface area contributed by atoms with Gasteiger partial charge in [0.25, 0.3) is 5.91 Å².